The van der Waals surface area contributed by atoms with Crippen molar-refractivity contribution in [3.8, 4) is 0 Å². The smallest absolute Gasteiger partial charge is 0.415 e. The molecule has 1 amide bonds. The van der Waals surface area contributed by atoms with Crippen molar-refractivity contribution in [1.29, 1.82) is 0 Å². The Balaban J connectivity index is 1.82. The van der Waals surface area contributed by atoms with Crippen molar-refractivity contribution in [3.63, 3.8) is 0 Å². The number of nitrogens with one attached hydrogen (secondary N) is 1. The summed E-state index contributed by atoms with van der Waals surface area (Å²) in [5.74, 6) is -2.17. The van der Waals surface area contributed by atoms with Crippen LogP contribution in [0.2, 0.25) is 5.02 Å². The number of amides is 1. The van der Waals surface area contributed by atoms with Crippen molar-refractivity contribution in [3.05, 3.63) is 58.6 Å². The molecule has 0 bridgehead atoms. The number of halogens is 7. The predicted octanol–water partition coefficient (Wildman–Crippen LogP) is 6.60. The number of rotatable bonds is 5. The van der Waals surface area contributed by atoms with E-state index in [1.165, 1.54) is 26.8 Å². The van der Waals surface area contributed by atoms with Crippen LogP contribution in [0.25, 0.3) is 0 Å². The van der Waals surface area contributed by atoms with Crippen molar-refractivity contribution in [2.24, 2.45) is 10.9 Å². The van der Waals surface area contributed by atoms with E-state index in [2.05, 4.69) is 15.3 Å². The lowest BCUT2D eigenvalue weighted by Crippen LogP contribution is -2.53. The van der Waals surface area contributed by atoms with Gasteiger partial charge in [-0.25, -0.2) is 27.9 Å². The monoisotopic (exact) mass is 564 g/mol. The third kappa shape index (κ3) is 5.07. The largest absolute Gasteiger partial charge is 0.465 e. The van der Waals surface area contributed by atoms with Gasteiger partial charge in [0.05, 0.1) is 10.7 Å². The Morgan fingerprint density at radius 2 is 1.92 bits per heavy atom. The molecule has 4 rings (SSSR count). The predicted molar refractivity (Wildman–Crippen MR) is 126 cm³/mol. The highest BCUT2D eigenvalue weighted by atomic mass is 35.5. The maximum atomic E-state index is 15.2. The van der Waals surface area contributed by atoms with E-state index in [0.717, 1.165) is 30.5 Å². The minimum atomic E-state index is -4.87. The number of nitrogens with zero attached hydrogens (tertiary/aromatic N) is 3. The normalized spacial score (nSPS) is 23.7. The van der Waals surface area contributed by atoms with Crippen molar-refractivity contribution in [2.45, 2.75) is 63.0 Å². The standard InChI is InChI=1S/C24H23ClF6N4O3/c1-22(2,3)35(21(36)37)20-34-23(19(27)28,14-9-17(14)38-20)13-8-12(5-6-15(13)26)33-18(24(29,30)31)16-7-4-11(25)10-32-16/h4-8,10,14,17-19,33H,9H2,1-3H3,(H,36,37)/t14-,17+,18+,23+/m0/s1. The van der Waals surface area contributed by atoms with Crippen LogP contribution in [0.3, 0.4) is 0 Å². The van der Waals surface area contributed by atoms with Crippen molar-refractivity contribution >= 4 is 29.4 Å². The maximum Gasteiger partial charge on any atom is 0.415 e. The number of aliphatic imine (C=N–C) groups is 1. The summed E-state index contributed by atoms with van der Waals surface area (Å²) in [5, 5.41) is 12.0. The van der Waals surface area contributed by atoms with Crippen LogP contribution in [0, 0.1) is 11.7 Å². The first-order valence-electron chi connectivity index (χ1n) is 11.4. The SMILES string of the molecule is CC(C)(C)N(C(=O)O)C1=N[C@@](c2cc(N[C@H](c3ccc(Cl)cn3)C(F)(F)F)ccc2F)(C(F)F)[C@H]2C[C@H]2O1. The van der Waals surface area contributed by atoms with Crippen molar-refractivity contribution in [2.75, 3.05) is 5.32 Å². The summed E-state index contributed by atoms with van der Waals surface area (Å²) in [6.07, 6.45) is -9.57. The molecule has 2 aromatic rings. The van der Waals surface area contributed by atoms with Crippen LogP contribution in [0.1, 0.15) is 44.5 Å². The van der Waals surface area contributed by atoms with Gasteiger partial charge < -0.3 is 15.2 Å². The average Bonchev–Trinajstić information content (AvgIpc) is 3.56. The molecule has 2 heterocycles. The Morgan fingerprint density at radius 3 is 2.45 bits per heavy atom. The van der Waals surface area contributed by atoms with Crippen LogP contribution < -0.4 is 5.32 Å². The molecule has 0 radical (unpaired) electrons. The number of fused-ring (bicyclic) bond motifs is 1. The molecule has 1 saturated carbocycles. The number of carboxylic acid groups (broad SMARTS) is 1. The number of benzene rings is 1. The highest BCUT2D eigenvalue weighted by Crippen LogP contribution is 2.57. The van der Waals surface area contributed by atoms with Gasteiger partial charge in [-0.2, -0.15) is 13.2 Å². The number of alkyl halides is 5. The molecule has 14 heteroatoms. The number of pyridine rings is 1. The molecule has 0 unspecified atom stereocenters. The van der Waals surface area contributed by atoms with Gasteiger partial charge in [0.25, 0.3) is 12.4 Å². The minimum Gasteiger partial charge on any atom is -0.465 e. The fourth-order valence-corrected chi connectivity index (χ4v) is 4.60. The van der Waals surface area contributed by atoms with E-state index in [1.54, 1.807) is 0 Å². The van der Waals surface area contributed by atoms with Gasteiger partial charge in [-0.1, -0.05) is 11.6 Å². The van der Waals surface area contributed by atoms with Gasteiger partial charge >= 0.3 is 12.3 Å². The van der Waals surface area contributed by atoms with E-state index < -0.39 is 70.9 Å². The second-order valence-corrected chi connectivity index (χ2v) is 10.5. The molecule has 38 heavy (non-hydrogen) atoms. The zero-order chi connectivity index (χ0) is 28.2. The number of ether oxygens (including phenoxy) is 1. The van der Waals surface area contributed by atoms with E-state index in [4.69, 9.17) is 16.3 Å². The lowest BCUT2D eigenvalue weighted by Gasteiger charge is -2.39. The topological polar surface area (TPSA) is 87.1 Å². The third-order valence-corrected chi connectivity index (χ3v) is 6.53. The number of anilines is 1. The first-order chi connectivity index (χ1) is 17.6. The van der Waals surface area contributed by atoms with Crippen LogP contribution in [0.4, 0.5) is 36.8 Å². The zero-order valence-corrected chi connectivity index (χ0v) is 21.0. The van der Waals surface area contributed by atoms with Crippen LogP contribution in [-0.4, -0.2) is 51.3 Å². The number of amidine groups is 1. The van der Waals surface area contributed by atoms with Gasteiger partial charge in [0.2, 0.25) is 0 Å². The summed E-state index contributed by atoms with van der Waals surface area (Å²) in [6, 6.07) is 1.81. The van der Waals surface area contributed by atoms with Gasteiger partial charge in [-0.3, -0.25) is 4.98 Å². The number of carbonyl (C=O) groups is 1. The molecule has 2 aliphatic rings. The van der Waals surface area contributed by atoms with Crippen LogP contribution in [0.15, 0.2) is 41.5 Å². The van der Waals surface area contributed by atoms with E-state index >= 15 is 4.39 Å². The fraction of sp³-hybridized carbons (Fsp3) is 0.458. The number of hydrogen-bond acceptors (Lipinski definition) is 5. The quantitative estimate of drug-likeness (QED) is 0.399. The van der Waals surface area contributed by atoms with E-state index in [9.17, 15) is 31.9 Å². The lowest BCUT2D eigenvalue weighted by molar-refractivity contribution is -0.144. The lowest BCUT2D eigenvalue weighted by atomic mass is 9.84. The molecule has 1 fully saturated rings. The molecular formula is C24H23ClF6N4O3. The Morgan fingerprint density at radius 1 is 1.24 bits per heavy atom. The van der Waals surface area contributed by atoms with Gasteiger partial charge in [-0.15, -0.1) is 0 Å². The van der Waals surface area contributed by atoms with Crippen molar-refractivity contribution < 1.29 is 41.0 Å². The summed E-state index contributed by atoms with van der Waals surface area (Å²) in [5.41, 5.74) is -5.21. The van der Waals surface area contributed by atoms with Crippen molar-refractivity contribution in [1.82, 2.24) is 9.88 Å². The highest BCUT2D eigenvalue weighted by Gasteiger charge is 2.65. The molecule has 1 aliphatic heterocycles. The first-order valence-corrected chi connectivity index (χ1v) is 11.8. The summed E-state index contributed by atoms with van der Waals surface area (Å²) in [7, 11) is 0. The summed E-state index contributed by atoms with van der Waals surface area (Å²) < 4.78 is 92.0. The zero-order valence-electron chi connectivity index (χ0n) is 20.2. The minimum absolute atomic E-state index is 0.0198. The number of hydrogen-bond donors (Lipinski definition) is 2. The first kappa shape index (κ1) is 27.8. The average molecular weight is 565 g/mol. The third-order valence-electron chi connectivity index (χ3n) is 6.30. The second-order valence-electron chi connectivity index (χ2n) is 10.0. The van der Waals surface area contributed by atoms with E-state index in [0.29, 0.717) is 4.90 Å². The molecule has 0 saturated heterocycles. The molecule has 1 aromatic heterocycles. The van der Waals surface area contributed by atoms with E-state index in [1.807, 2.05) is 0 Å². The van der Waals surface area contributed by atoms with Crippen LogP contribution >= 0.6 is 11.6 Å². The maximum absolute atomic E-state index is 15.2. The summed E-state index contributed by atoms with van der Waals surface area (Å²) in [4.78, 5) is 20.3. The van der Waals surface area contributed by atoms with E-state index in [-0.39, 0.29) is 17.1 Å². The molecule has 0 spiro atoms. The Labute approximate surface area is 218 Å². The van der Waals surface area contributed by atoms with Crippen LogP contribution in [0.5, 0.6) is 0 Å². The second kappa shape index (κ2) is 9.51. The Bertz CT molecular complexity index is 1250. The molecule has 4 atom stereocenters. The molecule has 206 valence electrons. The molecule has 7 nitrogen and oxygen atoms in total. The van der Waals surface area contributed by atoms with Gasteiger partial charge in [0, 0.05) is 28.9 Å². The molecule has 2 N–H and O–H groups in total. The van der Waals surface area contributed by atoms with Gasteiger partial charge in [-0.05, 0) is 57.5 Å². The van der Waals surface area contributed by atoms with Gasteiger partial charge in [0.15, 0.2) is 11.6 Å². The Kier molecular flexibility index (Phi) is 6.96. The molecular weight excluding hydrogens is 542 g/mol. The molecule has 1 aromatic carbocycles. The molecule has 1 aliphatic carbocycles. The van der Waals surface area contributed by atoms with Gasteiger partial charge in [0.1, 0.15) is 11.9 Å². The summed E-state index contributed by atoms with van der Waals surface area (Å²) in [6.45, 7) is 4.47. The fourth-order valence-electron chi connectivity index (χ4n) is 4.48. The van der Waals surface area contributed by atoms with Crippen LogP contribution in [-0.2, 0) is 10.3 Å². The number of aromatic nitrogens is 1. The highest BCUT2D eigenvalue weighted by molar-refractivity contribution is 6.30. The Hall–Kier alpha value is -3.22. The summed E-state index contributed by atoms with van der Waals surface area (Å²) >= 11 is 5.72.